The third-order valence-electron chi connectivity index (χ3n) is 3.84. The van der Waals surface area contributed by atoms with Gasteiger partial charge >= 0.3 is 5.97 Å². The summed E-state index contributed by atoms with van der Waals surface area (Å²) >= 11 is 0. The minimum absolute atomic E-state index is 0.199. The maximum absolute atomic E-state index is 12.5. The molecule has 130 valence electrons. The molecule has 0 fully saturated rings. The molecule has 0 saturated heterocycles. The second-order valence-corrected chi connectivity index (χ2v) is 5.78. The molecule has 0 bridgehead atoms. The number of ether oxygens (including phenoxy) is 1. The molecule has 3 aromatic heterocycles. The van der Waals surface area contributed by atoms with Gasteiger partial charge in [0.1, 0.15) is 11.5 Å². The molecule has 0 aliphatic rings. The van der Waals surface area contributed by atoms with Gasteiger partial charge in [-0.2, -0.15) is 0 Å². The summed E-state index contributed by atoms with van der Waals surface area (Å²) in [6.45, 7) is 6.71. The van der Waals surface area contributed by atoms with Crippen molar-refractivity contribution in [3.8, 4) is 11.3 Å². The van der Waals surface area contributed by atoms with Crippen LogP contribution in [0, 0.1) is 20.8 Å². The number of pyridine rings is 1. The lowest BCUT2D eigenvalue weighted by molar-refractivity contribution is -0.125. The van der Waals surface area contributed by atoms with Crippen molar-refractivity contribution in [3.63, 3.8) is 0 Å². The number of hydrogen-bond donors (Lipinski definition) is 1. The van der Waals surface area contributed by atoms with Crippen LogP contribution in [0.3, 0.4) is 0 Å². The van der Waals surface area contributed by atoms with Crippen LogP contribution in [0.4, 0.5) is 0 Å². The van der Waals surface area contributed by atoms with E-state index >= 15 is 0 Å². The maximum atomic E-state index is 12.5. The first-order valence-electron chi connectivity index (χ1n) is 7.62. The number of amides is 1. The molecule has 3 rings (SSSR count). The summed E-state index contributed by atoms with van der Waals surface area (Å²) in [5.41, 5.74) is 7.26. The Hall–Kier alpha value is -3.16. The second-order valence-electron chi connectivity index (χ2n) is 5.78. The van der Waals surface area contributed by atoms with E-state index in [0.717, 1.165) is 11.3 Å². The molecule has 0 aromatic carbocycles. The van der Waals surface area contributed by atoms with E-state index in [0.29, 0.717) is 22.5 Å². The highest BCUT2D eigenvalue weighted by Crippen LogP contribution is 2.30. The zero-order chi connectivity index (χ0) is 18.3. The van der Waals surface area contributed by atoms with Crippen LogP contribution in [0.15, 0.2) is 21.1 Å². The molecule has 3 heterocycles. The third kappa shape index (κ3) is 2.98. The highest BCUT2D eigenvalue weighted by Gasteiger charge is 2.24. The number of aryl methyl sites for hydroxylation is 3. The van der Waals surface area contributed by atoms with Crippen LogP contribution in [0.25, 0.3) is 22.4 Å². The molecule has 1 atom stereocenters. The Morgan fingerprint density at radius 2 is 1.96 bits per heavy atom. The van der Waals surface area contributed by atoms with Crippen molar-refractivity contribution in [2.45, 2.75) is 33.8 Å². The van der Waals surface area contributed by atoms with Gasteiger partial charge < -0.3 is 19.4 Å². The molecule has 8 heteroatoms. The minimum Gasteiger partial charge on any atom is -0.466 e. The van der Waals surface area contributed by atoms with Crippen LogP contribution >= 0.6 is 0 Å². The monoisotopic (exact) mass is 343 g/mol. The Morgan fingerprint density at radius 1 is 1.24 bits per heavy atom. The lowest BCUT2D eigenvalue weighted by atomic mass is 10.1. The van der Waals surface area contributed by atoms with Crippen molar-refractivity contribution in [3.05, 3.63) is 34.9 Å². The Balaban J connectivity index is 2.15. The summed E-state index contributed by atoms with van der Waals surface area (Å²) < 4.78 is 15.9. The predicted molar refractivity (Wildman–Crippen MR) is 87.8 cm³/mol. The quantitative estimate of drug-likeness (QED) is 0.722. The fourth-order valence-corrected chi connectivity index (χ4v) is 2.56. The Labute approximate surface area is 142 Å². The number of nitrogens with two attached hydrogens (primary N) is 1. The molecule has 1 amide bonds. The number of carbonyl (C=O) groups excluding carboxylic acids is 2. The number of carbonyl (C=O) groups is 2. The molecule has 0 aliphatic carbocycles. The number of esters is 1. The minimum atomic E-state index is -1.06. The molecule has 0 radical (unpaired) electrons. The average molecular weight is 343 g/mol. The zero-order valence-corrected chi connectivity index (χ0v) is 14.2. The number of hydrogen-bond acceptors (Lipinski definition) is 7. The molecule has 0 spiro atoms. The Kier molecular flexibility index (Phi) is 4.03. The van der Waals surface area contributed by atoms with Gasteiger partial charge in [0.25, 0.3) is 11.6 Å². The molecule has 8 nitrogen and oxygen atoms in total. The van der Waals surface area contributed by atoms with Crippen molar-refractivity contribution in [1.29, 1.82) is 0 Å². The maximum Gasteiger partial charge on any atom is 0.339 e. The summed E-state index contributed by atoms with van der Waals surface area (Å²) in [5.74, 6) is -0.0635. The first kappa shape index (κ1) is 16.7. The average Bonchev–Trinajstić information content (AvgIpc) is 3.08. The normalized spacial score (nSPS) is 12.3. The van der Waals surface area contributed by atoms with Crippen molar-refractivity contribution < 1.29 is 23.3 Å². The Morgan fingerprint density at radius 3 is 2.56 bits per heavy atom. The van der Waals surface area contributed by atoms with Gasteiger partial charge in [-0.3, -0.25) is 4.79 Å². The van der Waals surface area contributed by atoms with Crippen molar-refractivity contribution in [1.82, 2.24) is 10.1 Å². The van der Waals surface area contributed by atoms with Crippen LogP contribution in [0.5, 0.6) is 0 Å². The van der Waals surface area contributed by atoms with Crippen LogP contribution in [0.1, 0.15) is 34.5 Å². The summed E-state index contributed by atoms with van der Waals surface area (Å²) in [6, 6.07) is 3.38. The van der Waals surface area contributed by atoms with E-state index in [9.17, 15) is 9.59 Å². The predicted octanol–water partition coefficient (Wildman–Crippen LogP) is 2.44. The van der Waals surface area contributed by atoms with Gasteiger partial charge in [-0.1, -0.05) is 5.16 Å². The van der Waals surface area contributed by atoms with Gasteiger partial charge in [-0.15, -0.1) is 0 Å². The highest BCUT2D eigenvalue weighted by atomic mass is 16.5. The van der Waals surface area contributed by atoms with Gasteiger partial charge in [0.15, 0.2) is 6.10 Å². The van der Waals surface area contributed by atoms with Crippen LogP contribution in [-0.4, -0.2) is 28.1 Å². The van der Waals surface area contributed by atoms with E-state index in [1.54, 1.807) is 19.9 Å². The molecular formula is C17H17N3O5. The summed E-state index contributed by atoms with van der Waals surface area (Å²) in [4.78, 5) is 28.1. The number of furan rings is 1. The van der Waals surface area contributed by atoms with E-state index in [4.69, 9.17) is 19.4 Å². The van der Waals surface area contributed by atoms with E-state index < -0.39 is 18.0 Å². The summed E-state index contributed by atoms with van der Waals surface area (Å²) in [5, 5.41) is 4.29. The third-order valence-corrected chi connectivity index (χ3v) is 3.84. The van der Waals surface area contributed by atoms with Crippen molar-refractivity contribution in [2.24, 2.45) is 5.73 Å². The van der Waals surface area contributed by atoms with Crippen LogP contribution < -0.4 is 5.73 Å². The fraction of sp³-hybridized carbons (Fsp3) is 0.294. The largest absolute Gasteiger partial charge is 0.466 e. The zero-order valence-electron chi connectivity index (χ0n) is 14.2. The number of aromatic nitrogens is 2. The van der Waals surface area contributed by atoms with Crippen LogP contribution in [-0.2, 0) is 9.53 Å². The molecule has 2 N–H and O–H groups in total. The van der Waals surface area contributed by atoms with Crippen molar-refractivity contribution in [2.75, 3.05) is 0 Å². The van der Waals surface area contributed by atoms with Gasteiger partial charge in [-0.25, -0.2) is 9.78 Å². The van der Waals surface area contributed by atoms with Crippen LogP contribution in [0.2, 0.25) is 0 Å². The van der Waals surface area contributed by atoms with E-state index in [1.807, 2.05) is 13.0 Å². The Bertz CT molecular complexity index is 986. The van der Waals surface area contributed by atoms with Crippen molar-refractivity contribution >= 4 is 23.0 Å². The molecule has 0 aliphatic heterocycles. The fourth-order valence-electron chi connectivity index (χ4n) is 2.56. The van der Waals surface area contributed by atoms with E-state index in [1.165, 1.54) is 6.92 Å². The molecule has 0 saturated carbocycles. The first-order chi connectivity index (χ1) is 11.8. The van der Waals surface area contributed by atoms with Gasteiger partial charge in [0.05, 0.1) is 22.3 Å². The summed E-state index contributed by atoms with van der Waals surface area (Å²) in [6.07, 6.45) is -1.06. The van der Waals surface area contributed by atoms with Gasteiger partial charge in [0, 0.05) is 5.56 Å². The van der Waals surface area contributed by atoms with E-state index in [2.05, 4.69) is 10.1 Å². The highest BCUT2D eigenvalue weighted by molar-refractivity contribution is 6.05. The summed E-state index contributed by atoms with van der Waals surface area (Å²) in [7, 11) is 0. The number of nitrogens with zero attached hydrogens (tertiary/aromatic N) is 2. The smallest absolute Gasteiger partial charge is 0.339 e. The molecule has 3 aromatic rings. The SMILES string of the molecule is Cc1cc(-c2cc(C(=O)OC(C)C(N)=O)c3c(C)noc3n2)c(C)o1. The topological polar surface area (TPSA) is 121 Å². The standard InChI is InChI=1S/C17H17N3O5/c1-7-5-11(9(3)23-7)13-6-12(17(22)24-10(4)15(18)21)14-8(2)20-25-16(14)19-13/h5-6,10H,1-4H3,(H2,18,21). The number of primary amides is 1. The molecular weight excluding hydrogens is 326 g/mol. The second kappa shape index (κ2) is 6.04. The number of fused-ring (bicyclic) bond motifs is 1. The molecule has 25 heavy (non-hydrogen) atoms. The first-order valence-corrected chi connectivity index (χ1v) is 7.62. The van der Waals surface area contributed by atoms with E-state index in [-0.39, 0.29) is 11.3 Å². The van der Waals surface area contributed by atoms with Gasteiger partial charge in [-0.05, 0) is 39.8 Å². The number of rotatable bonds is 4. The van der Waals surface area contributed by atoms with Gasteiger partial charge in [0.2, 0.25) is 0 Å². The molecule has 1 unspecified atom stereocenters. The lowest BCUT2D eigenvalue weighted by Crippen LogP contribution is -2.30. The lowest BCUT2D eigenvalue weighted by Gasteiger charge is -2.11.